The largest absolute Gasteiger partial charge is 0.363 e. The molecule has 2 aromatic rings. The molecule has 126 valence electrons. The van der Waals surface area contributed by atoms with Gasteiger partial charge in [0.2, 0.25) is 5.91 Å². The number of carbonyl (C=O) groups excluding carboxylic acids is 1. The summed E-state index contributed by atoms with van der Waals surface area (Å²) in [6.07, 6.45) is 0.693. The summed E-state index contributed by atoms with van der Waals surface area (Å²) in [5.74, 6) is 0.859. The Bertz CT molecular complexity index is 763. The normalized spacial score (nSPS) is 17.2. The molecular weight excluding hydrogens is 331 g/mol. The number of anilines is 1. The maximum atomic E-state index is 13.7. The second-order valence-electron chi connectivity index (χ2n) is 5.89. The molecule has 0 fully saturated rings. The van der Waals surface area contributed by atoms with Crippen molar-refractivity contribution in [2.45, 2.75) is 32.9 Å². The molecule has 0 saturated heterocycles. The van der Waals surface area contributed by atoms with Crippen molar-refractivity contribution in [1.82, 2.24) is 14.9 Å². The number of nitrogens with one attached hydrogen (secondary N) is 1. The number of halogens is 2. The lowest BCUT2D eigenvalue weighted by atomic mass is 9.99. The average Bonchev–Trinajstić information content (AvgIpc) is 2.65. The lowest BCUT2D eigenvalue weighted by Gasteiger charge is -2.20. The molecule has 0 radical (unpaired) electrons. The van der Waals surface area contributed by atoms with E-state index in [4.69, 9.17) is 11.6 Å². The van der Waals surface area contributed by atoms with Crippen LogP contribution in [0.3, 0.4) is 0 Å². The molecule has 0 bridgehead atoms. The quantitative estimate of drug-likeness (QED) is 0.844. The highest BCUT2D eigenvalue weighted by Gasteiger charge is 2.24. The van der Waals surface area contributed by atoms with Gasteiger partial charge in [0.25, 0.3) is 0 Å². The first-order valence-electron chi connectivity index (χ1n) is 7.74. The number of nitrogens with zero attached hydrogens (tertiary/aromatic N) is 3. The molecule has 1 amide bonds. The smallest absolute Gasteiger partial charge is 0.219 e. The fraction of sp³-hybridized carbons (Fsp3) is 0.353. The molecule has 3 rings (SSSR count). The van der Waals surface area contributed by atoms with Crippen LogP contribution in [-0.2, 0) is 11.3 Å². The summed E-state index contributed by atoms with van der Waals surface area (Å²) in [6.45, 7) is 4.29. The lowest BCUT2D eigenvalue weighted by molar-refractivity contribution is -0.129. The molecule has 0 aliphatic carbocycles. The number of aryl methyl sites for hydroxylation is 1. The van der Waals surface area contributed by atoms with Gasteiger partial charge in [-0.25, -0.2) is 14.4 Å². The standard InChI is InChI=1S/C17H18ClFN4O/c1-10-20-16(18)8-17(21-10)22-15-5-6-23(11(2)24)9-12-7-13(19)3-4-14(12)15/h3-4,7-8,15H,5-6,9H2,1-2H3,(H,20,21,22). The maximum Gasteiger partial charge on any atom is 0.219 e. The van der Waals surface area contributed by atoms with Crippen LogP contribution in [0.4, 0.5) is 10.2 Å². The summed E-state index contributed by atoms with van der Waals surface area (Å²) in [6, 6.07) is 6.27. The molecule has 1 aliphatic rings. The highest BCUT2D eigenvalue weighted by Crippen LogP contribution is 2.30. The van der Waals surface area contributed by atoms with E-state index < -0.39 is 0 Å². The SMILES string of the molecule is CC(=O)N1CCC(Nc2cc(Cl)nc(C)n2)c2ccc(F)cc2C1. The molecule has 2 heterocycles. The first-order valence-corrected chi connectivity index (χ1v) is 8.12. The monoisotopic (exact) mass is 348 g/mol. The third kappa shape index (κ3) is 3.64. The van der Waals surface area contributed by atoms with Crippen LogP contribution in [0.5, 0.6) is 0 Å². The number of carbonyl (C=O) groups is 1. The van der Waals surface area contributed by atoms with Gasteiger partial charge in [0.05, 0.1) is 6.04 Å². The van der Waals surface area contributed by atoms with Gasteiger partial charge in [-0.15, -0.1) is 0 Å². The molecule has 24 heavy (non-hydrogen) atoms. The first kappa shape index (κ1) is 16.6. The number of hydrogen-bond acceptors (Lipinski definition) is 4. The van der Waals surface area contributed by atoms with Gasteiger partial charge < -0.3 is 10.2 Å². The van der Waals surface area contributed by atoms with Gasteiger partial charge in [0.15, 0.2) is 0 Å². The molecule has 0 saturated carbocycles. The molecule has 0 spiro atoms. The third-order valence-electron chi connectivity index (χ3n) is 4.10. The summed E-state index contributed by atoms with van der Waals surface area (Å²) in [7, 11) is 0. The fourth-order valence-electron chi connectivity index (χ4n) is 2.98. The van der Waals surface area contributed by atoms with Crippen molar-refractivity contribution >= 4 is 23.3 Å². The van der Waals surface area contributed by atoms with Gasteiger partial charge in [-0.3, -0.25) is 4.79 Å². The van der Waals surface area contributed by atoms with Crippen molar-refractivity contribution in [3.05, 3.63) is 52.2 Å². The number of hydrogen-bond donors (Lipinski definition) is 1. The van der Waals surface area contributed by atoms with Crippen LogP contribution in [0.1, 0.15) is 36.3 Å². The Hall–Kier alpha value is -2.21. The minimum atomic E-state index is -0.307. The Balaban J connectivity index is 1.94. The van der Waals surface area contributed by atoms with Gasteiger partial charge in [-0.1, -0.05) is 17.7 Å². The van der Waals surface area contributed by atoms with Gasteiger partial charge in [0.1, 0.15) is 22.6 Å². The molecule has 7 heteroatoms. The van der Waals surface area contributed by atoms with Crippen LogP contribution in [0.2, 0.25) is 5.15 Å². The Morgan fingerprint density at radius 1 is 1.38 bits per heavy atom. The Kier molecular flexibility index (Phi) is 4.66. The molecule has 1 aromatic heterocycles. The van der Waals surface area contributed by atoms with E-state index in [2.05, 4.69) is 15.3 Å². The van der Waals surface area contributed by atoms with E-state index in [0.29, 0.717) is 36.3 Å². The van der Waals surface area contributed by atoms with E-state index in [1.165, 1.54) is 19.1 Å². The topological polar surface area (TPSA) is 58.1 Å². The van der Waals surface area contributed by atoms with Crippen LogP contribution < -0.4 is 5.32 Å². The molecule has 1 atom stereocenters. The molecule has 1 aromatic carbocycles. The van der Waals surface area contributed by atoms with Crippen molar-refractivity contribution < 1.29 is 9.18 Å². The zero-order valence-corrected chi connectivity index (χ0v) is 14.3. The highest BCUT2D eigenvalue weighted by molar-refractivity contribution is 6.29. The number of amides is 1. The second kappa shape index (κ2) is 6.73. The van der Waals surface area contributed by atoms with Crippen LogP contribution in [0.25, 0.3) is 0 Å². The Morgan fingerprint density at radius 2 is 2.17 bits per heavy atom. The van der Waals surface area contributed by atoms with Crippen molar-refractivity contribution in [3.8, 4) is 0 Å². The van der Waals surface area contributed by atoms with Crippen molar-refractivity contribution in [1.29, 1.82) is 0 Å². The van der Waals surface area contributed by atoms with Gasteiger partial charge in [-0.05, 0) is 36.6 Å². The second-order valence-corrected chi connectivity index (χ2v) is 6.28. The zero-order chi connectivity index (χ0) is 17.3. The minimum absolute atomic E-state index is 0.0215. The predicted molar refractivity (Wildman–Crippen MR) is 90.3 cm³/mol. The average molecular weight is 349 g/mol. The summed E-state index contributed by atoms with van der Waals surface area (Å²) in [5, 5.41) is 3.71. The molecule has 1 unspecified atom stereocenters. The van der Waals surface area contributed by atoms with Gasteiger partial charge in [-0.2, -0.15) is 0 Å². The zero-order valence-electron chi connectivity index (χ0n) is 13.5. The summed E-state index contributed by atoms with van der Waals surface area (Å²) >= 11 is 5.99. The summed E-state index contributed by atoms with van der Waals surface area (Å²) < 4.78 is 13.7. The van der Waals surface area contributed by atoms with E-state index in [1.807, 2.05) is 0 Å². The van der Waals surface area contributed by atoms with E-state index in [1.54, 1.807) is 24.0 Å². The molecule has 1 aliphatic heterocycles. The predicted octanol–water partition coefficient (Wildman–Crippen LogP) is 3.48. The number of rotatable bonds is 2. The lowest BCUT2D eigenvalue weighted by Crippen LogP contribution is -2.28. The number of benzene rings is 1. The van der Waals surface area contributed by atoms with Gasteiger partial charge in [0, 0.05) is 26.1 Å². The molecule has 5 nitrogen and oxygen atoms in total. The van der Waals surface area contributed by atoms with Crippen LogP contribution in [-0.4, -0.2) is 27.3 Å². The van der Waals surface area contributed by atoms with E-state index in [0.717, 1.165) is 11.1 Å². The van der Waals surface area contributed by atoms with E-state index >= 15 is 0 Å². The van der Waals surface area contributed by atoms with Gasteiger partial charge >= 0.3 is 0 Å². The molecule has 1 N–H and O–H groups in total. The van der Waals surface area contributed by atoms with E-state index in [-0.39, 0.29) is 17.8 Å². The highest BCUT2D eigenvalue weighted by atomic mass is 35.5. The first-order chi connectivity index (χ1) is 11.4. The Labute approximate surface area is 144 Å². The van der Waals surface area contributed by atoms with Crippen LogP contribution >= 0.6 is 11.6 Å². The Morgan fingerprint density at radius 3 is 2.88 bits per heavy atom. The van der Waals surface area contributed by atoms with Crippen molar-refractivity contribution in [2.24, 2.45) is 0 Å². The van der Waals surface area contributed by atoms with Crippen molar-refractivity contribution in [3.63, 3.8) is 0 Å². The minimum Gasteiger partial charge on any atom is -0.363 e. The third-order valence-corrected chi connectivity index (χ3v) is 4.30. The number of fused-ring (bicyclic) bond motifs is 1. The van der Waals surface area contributed by atoms with Crippen LogP contribution in [0, 0.1) is 12.7 Å². The van der Waals surface area contributed by atoms with E-state index in [9.17, 15) is 9.18 Å². The summed E-state index contributed by atoms with van der Waals surface area (Å²) in [5.41, 5.74) is 1.77. The van der Waals surface area contributed by atoms with Crippen molar-refractivity contribution in [2.75, 3.05) is 11.9 Å². The molecular formula is C17H18ClFN4O. The fourth-order valence-corrected chi connectivity index (χ4v) is 3.20. The summed E-state index contributed by atoms with van der Waals surface area (Å²) in [4.78, 5) is 21.9. The van der Waals surface area contributed by atoms with Crippen LogP contribution in [0.15, 0.2) is 24.3 Å². The number of aromatic nitrogens is 2. The maximum absolute atomic E-state index is 13.7.